The van der Waals surface area contributed by atoms with E-state index in [1.54, 1.807) is 18.2 Å². The Bertz CT molecular complexity index is 412. The molecule has 1 saturated heterocycles. The molecule has 1 fully saturated rings. The van der Waals surface area contributed by atoms with Crippen LogP contribution in [-0.2, 0) is 0 Å². The van der Waals surface area contributed by atoms with E-state index in [-0.39, 0.29) is 11.7 Å². The number of aromatic hydroxyl groups is 1. The average molecular weight is 251 g/mol. The van der Waals surface area contributed by atoms with Crippen LogP contribution in [0.4, 0.5) is 0 Å². The molecule has 2 rings (SSSR count). The molecule has 1 N–H and O–H groups in total. The number of rotatable bonds is 1. The Kier molecular flexibility index (Phi) is 3.94. The molecule has 0 unspecified atom stereocenters. The van der Waals surface area contributed by atoms with Gasteiger partial charge in [-0.25, -0.2) is 0 Å². The maximum atomic E-state index is 12.2. The maximum absolute atomic E-state index is 12.2. The lowest BCUT2D eigenvalue weighted by Gasteiger charge is -2.20. The zero-order valence-electron chi connectivity index (χ0n) is 9.98. The van der Waals surface area contributed by atoms with Crippen LogP contribution < -0.4 is 0 Å². The number of carbonyl (C=O) groups excluding carboxylic acids is 1. The number of phenolic OH excluding ortho intramolecular Hbond substituents is 1. The monoisotopic (exact) mass is 251 g/mol. The van der Waals surface area contributed by atoms with Gasteiger partial charge in [0.1, 0.15) is 5.75 Å². The summed E-state index contributed by atoms with van der Waals surface area (Å²) in [4.78, 5) is 14.1. The number of aryl methyl sites for hydroxylation is 1. The summed E-state index contributed by atoms with van der Waals surface area (Å²) in [5, 5.41) is 9.63. The van der Waals surface area contributed by atoms with Crippen molar-refractivity contribution in [1.82, 2.24) is 4.90 Å². The third-order valence-corrected chi connectivity index (χ3v) is 4.01. The molecule has 0 spiro atoms. The molecule has 4 heteroatoms. The van der Waals surface area contributed by atoms with Gasteiger partial charge in [0.25, 0.3) is 5.91 Å². The molecule has 1 amide bonds. The molecule has 17 heavy (non-hydrogen) atoms. The number of hydrogen-bond acceptors (Lipinski definition) is 3. The zero-order chi connectivity index (χ0) is 12.3. The minimum Gasteiger partial charge on any atom is -0.508 e. The fraction of sp³-hybridized carbons (Fsp3) is 0.462. The van der Waals surface area contributed by atoms with Crippen molar-refractivity contribution >= 4 is 17.7 Å². The third kappa shape index (κ3) is 2.94. The quantitative estimate of drug-likeness (QED) is 0.832. The van der Waals surface area contributed by atoms with Gasteiger partial charge < -0.3 is 10.0 Å². The van der Waals surface area contributed by atoms with Crippen LogP contribution in [-0.4, -0.2) is 40.5 Å². The largest absolute Gasteiger partial charge is 0.508 e. The van der Waals surface area contributed by atoms with Crippen molar-refractivity contribution in [2.45, 2.75) is 13.3 Å². The second-order valence-corrected chi connectivity index (χ2v) is 5.48. The van der Waals surface area contributed by atoms with Crippen molar-refractivity contribution < 1.29 is 9.90 Å². The first-order chi connectivity index (χ1) is 8.18. The third-order valence-electron chi connectivity index (χ3n) is 2.97. The average Bonchev–Trinajstić information content (AvgIpc) is 2.60. The normalized spacial score (nSPS) is 16.6. The summed E-state index contributed by atoms with van der Waals surface area (Å²) in [5.41, 5.74) is 1.38. The van der Waals surface area contributed by atoms with Gasteiger partial charge in [-0.05, 0) is 36.8 Å². The van der Waals surface area contributed by atoms with Crippen LogP contribution in [0.5, 0.6) is 5.75 Å². The summed E-state index contributed by atoms with van der Waals surface area (Å²) in [6, 6.07) is 5.14. The van der Waals surface area contributed by atoms with E-state index in [2.05, 4.69) is 0 Å². The molecule has 3 nitrogen and oxygen atoms in total. The summed E-state index contributed by atoms with van der Waals surface area (Å²) in [7, 11) is 0. The first kappa shape index (κ1) is 12.3. The molecule has 0 aliphatic carbocycles. The highest BCUT2D eigenvalue weighted by molar-refractivity contribution is 7.99. The Morgan fingerprint density at radius 3 is 2.94 bits per heavy atom. The van der Waals surface area contributed by atoms with Crippen molar-refractivity contribution in [2.75, 3.05) is 24.6 Å². The first-order valence-corrected chi connectivity index (χ1v) is 7.00. The van der Waals surface area contributed by atoms with Crippen molar-refractivity contribution in [1.29, 1.82) is 0 Å². The number of amides is 1. The lowest BCUT2D eigenvalue weighted by molar-refractivity contribution is 0.0768. The predicted molar refractivity (Wildman–Crippen MR) is 70.7 cm³/mol. The summed E-state index contributed by atoms with van der Waals surface area (Å²) < 4.78 is 0. The summed E-state index contributed by atoms with van der Waals surface area (Å²) in [6.07, 6.45) is 1.05. The van der Waals surface area contributed by atoms with E-state index in [0.29, 0.717) is 5.56 Å². The molecule has 0 saturated carbocycles. The van der Waals surface area contributed by atoms with E-state index in [0.717, 1.165) is 36.6 Å². The topological polar surface area (TPSA) is 40.5 Å². The Morgan fingerprint density at radius 2 is 2.18 bits per heavy atom. The Balaban J connectivity index is 2.14. The Labute approximate surface area is 106 Å². The van der Waals surface area contributed by atoms with Crippen molar-refractivity contribution in [3.05, 3.63) is 29.3 Å². The molecular weight excluding hydrogens is 234 g/mol. The number of phenols is 1. The van der Waals surface area contributed by atoms with E-state index in [4.69, 9.17) is 0 Å². The SMILES string of the molecule is Cc1ccc(C(=O)N2CCCSCC2)cc1O. The lowest BCUT2D eigenvalue weighted by atomic mass is 10.1. The maximum Gasteiger partial charge on any atom is 0.254 e. The molecule has 1 aliphatic heterocycles. The highest BCUT2D eigenvalue weighted by Crippen LogP contribution is 2.19. The molecule has 1 aromatic rings. The molecule has 0 atom stereocenters. The molecule has 1 heterocycles. The van der Waals surface area contributed by atoms with Gasteiger partial charge in [-0.15, -0.1) is 0 Å². The van der Waals surface area contributed by atoms with Crippen LogP contribution in [0.25, 0.3) is 0 Å². The fourth-order valence-electron chi connectivity index (χ4n) is 1.87. The number of nitrogens with zero attached hydrogens (tertiary/aromatic N) is 1. The molecule has 1 aromatic carbocycles. The van der Waals surface area contributed by atoms with Crippen LogP contribution in [0, 0.1) is 6.92 Å². The van der Waals surface area contributed by atoms with Gasteiger partial charge >= 0.3 is 0 Å². The molecule has 92 valence electrons. The Hall–Kier alpha value is -1.16. The number of hydrogen-bond donors (Lipinski definition) is 1. The minimum absolute atomic E-state index is 0.0304. The van der Waals surface area contributed by atoms with Gasteiger partial charge in [-0.2, -0.15) is 11.8 Å². The summed E-state index contributed by atoms with van der Waals surface area (Å²) in [6.45, 7) is 3.45. The van der Waals surface area contributed by atoms with Crippen molar-refractivity contribution in [3.8, 4) is 5.75 Å². The van der Waals surface area contributed by atoms with Gasteiger partial charge in [-0.3, -0.25) is 4.79 Å². The minimum atomic E-state index is 0.0304. The molecule has 0 aromatic heterocycles. The first-order valence-electron chi connectivity index (χ1n) is 5.85. The van der Waals surface area contributed by atoms with Gasteiger partial charge in [0, 0.05) is 24.4 Å². The molecule has 1 aliphatic rings. The van der Waals surface area contributed by atoms with Crippen molar-refractivity contribution in [2.24, 2.45) is 0 Å². The van der Waals surface area contributed by atoms with Gasteiger partial charge in [0.05, 0.1) is 0 Å². The summed E-state index contributed by atoms with van der Waals surface area (Å²) in [5.74, 6) is 2.36. The van der Waals surface area contributed by atoms with Crippen molar-refractivity contribution in [3.63, 3.8) is 0 Å². The second kappa shape index (κ2) is 5.45. The van der Waals surface area contributed by atoms with Crippen LogP contribution in [0.2, 0.25) is 0 Å². The van der Waals surface area contributed by atoms with Crippen LogP contribution in [0.1, 0.15) is 22.3 Å². The van der Waals surface area contributed by atoms with Crippen LogP contribution >= 0.6 is 11.8 Å². The highest BCUT2D eigenvalue weighted by Gasteiger charge is 2.17. The van der Waals surface area contributed by atoms with Crippen LogP contribution in [0.15, 0.2) is 18.2 Å². The van der Waals surface area contributed by atoms with Gasteiger partial charge in [-0.1, -0.05) is 6.07 Å². The molecule has 0 radical (unpaired) electrons. The molecule has 0 bridgehead atoms. The van der Waals surface area contributed by atoms with Gasteiger partial charge in [0.2, 0.25) is 0 Å². The van der Waals surface area contributed by atoms with E-state index in [9.17, 15) is 9.90 Å². The van der Waals surface area contributed by atoms with E-state index in [1.165, 1.54) is 0 Å². The number of thioether (sulfide) groups is 1. The van der Waals surface area contributed by atoms with E-state index in [1.807, 2.05) is 23.6 Å². The van der Waals surface area contributed by atoms with E-state index < -0.39 is 0 Å². The second-order valence-electron chi connectivity index (χ2n) is 4.26. The van der Waals surface area contributed by atoms with Crippen LogP contribution in [0.3, 0.4) is 0 Å². The molecular formula is C13H17NO2S. The predicted octanol–water partition coefficient (Wildman–Crippen LogP) is 2.28. The number of carbonyl (C=O) groups is 1. The van der Waals surface area contributed by atoms with Gasteiger partial charge in [0.15, 0.2) is 0 Å². The highest BCUT2D eigenvalue weighted by atomic mass is 32.2. The van der Waals surface area contributed by atoms with E-state index >= 15 is 0 Å². The zero-order valence-corrected chi connectivity index (χ0v) is 10.8. The standard InChI is InChI=1S/C13H17NO2S/c1-10-3-4-11(9-12(10)15)13(16)14-5-2-7-17-8-6-14/h3-4,9,15H,2,5-8H2,1H3. The number of benzene rings is 1. The summed E-state index contributed by atoms with van der Waals surface area (Å²) >= 11 is 1.89. The lowest BCUT2D eigenvalue weighted by Crippen LogP contribution is -2.32. The Morgan fingerprint density at radius 1 is 1.35 bits per heavy atom. The fourth-order valence-corrected chi connectivity index (χ4v) is 2.76. The smallest absolute Gasteiger partial charge is 0.254 e.